The van der Waals surface area contributed by atoms with Gasteiger partial charge in [0.2, 0.25) is 5.91 Å². The molecule has 1 aliphatic rings. The van der Waals surface area contributed by atoms with E-state index in [1.807, 2.05) is 18.2 Å². The molecule has 5 heteroatoms. The van der Waals surface area contributed by atoms with Gasteiger partial charge < -0.3 is 15.2 Å². The molecule has 0 saturated heterocycles. The van der Waals surface area contributed by atoms with E-state index in [0.717, 1.165) is 17.7 Å². The normalized spacial score (nSPS) is 15.0. The zero-order valence-corrected chi connectivity index (χ0v) is 11.7. The number of amides is 1. The SMILES string of the molecule is CC(O)c1ccc(Oc2ccc3c(c2)CCC(=O)N3)cn1. The Labute approximate surface area is 122 Å². The van der Waals surface area contributed by atoms with Gasteiger partial charge in [-0.15, -0.1) is 0 Å². The van der Waals surface area contributed by atoms with Gasteiger partial charge in [0.15, 0.2) is 0 Å². The first-order chi connectivity index (χ1) is 10.1. The maximum Gasteiger partial charge on any atom is 0.224 e. The van der Waals surface area contributed by atoms with Crippen LogP contribution >= 0.6 is 0 Å². The molecule has 1 aliphatic heterocycles. The van der Waals surface area contributed by atoms with Crippen LogP contribution in [0.5, 0.6) is 11.5 Å². The lowest BCUT2D eigenvalue weighted by atomic mass is 10.0. The predicted molar refractivity (Wildman–Crippen MR) is 78.3 cm³/mol. The number of nitrogens with one attached hydrogen (secondary N) is 1. The third-order valence-electron chi connectivity index (χ3n) is 3.40. The highest BCUT2D eigenvalue weighted by molar-refractivity contribution is 5.94. The third kappa shape index (κ3) is 3.03. The van der Waals surface area contributed by atoms with E-state index in [9.17, 15) is 9.90 Å². The summed E-state index contributed by atoms with van der Waals surface area (Å²) in [6.45, 7) is 1.67. The largest absolute Gasteiger partial charge is 0.456 e. The Morgan fingerprint density at radius 1 is 1.24 bits per heavy atom. The lowest BCUT2D eigenvalue weighted by Crippen LogP contribution is -2.18. The number of nitrogens with zero attached hydrogens (tertiary/aromatic N) is 1. The van der Waals surface area contributed by atoms with Crippen molar-refractivity contribution in [2.24, 2.45) is 0 Å². The topological polar surface area (TPSA) is 71.5 Å². The van der Waals surface area contributed by atoms with E-state index in [4.69, 9.17) is 4.74 Å². The molecule has 1 atom stereocenters. The van der Waals surface area contributed by atoms with E-state index in [2.05, 4.69) is 10.3 Å². The molecule has 5 nitrogen and oxygen atoms in total. The number of carbonyl (C=O) groups excluding carboxylic acids is 1. The Bertz CT molecular complexity index is 666. The molecule has 2 heterocycles. The van der Waals surface area contributed by atoms with Crippen molar-refractivity contribution in [1.29, 1.82) is 0 Å². The van der Waals surface area contributed by atoms with Gasteiger partial charge in [0.05, 0.1) is 18.0 Å². The number of aliphatic hydroxyl groups is 1. The third-order valence-corrected chi connectivity index (χ3v) is 3.40. The first-order valence-corrected chi connectivity index (χ1v) is 6.86. The van der Waals surface area contributed by atoms with E-state index >= 15 is 0 Å². The summed E-state index contributed by atoms with van der Waals surface area (Å²) in [5.41, 5.74) is 2.53. The summed E-state index contributed by atoms with van der Waals surface area (Å²) in [6.07, 6.45) is 2.22. The fourth-order valence-electron chi connectivity index (χ4n) is 2.26. The second-order valence-corrected chi connectivity index (χ2v) is 5.06. The number of aromatic nitrogens is 1. The van der Waals surface area contributed by atoms with E-state index in [1.54, 1.807) is 25.3 Å². The Morgan fingerprint density at radius 3 is 2.76 bits per heavy atom. The molecular weight excluding hydrogens is 268 g/mol. The lowest BCUT2D eigenvalue weighted by molar-refractivity contribution is -0.116. The number of hydrogen-bond acceptors (Lipinski definition) is 4. The Kier molecular flexibility index (Phi) is 3.58. The minimum Gasteiger partial charge on any atom is -0.456 e. The molecule has 2 aromatic rings. The summed E-state index contributed by atoms with van der Waals surface area (Å²) in [7, 11) is 0. The van der Waals surface area contributed by atoms with E-state index in [0.29, 0.717) is 23.6 Å². The van der Waals surface area contributed by atoms with Crippen LogP contribution in [0.4, 0.5) is 5.69 Å². The van der Waals surface area contributed by atoms with Gasteiger partial charge in [-0.05, 0) is 49.2 Å². The number of rotatable bonds is 3. The minimum absolute atomic E-state index is 0.0501. The molecule has 108 valence electrons. The summed E-state index contributed by atoms with van der Waals surface area (Å²) in [5, 5.41) is 12.3. The van der Waals surface area contributed by atoms with Crippen molar-refractivity contribution in [2.75, 3.05) is 5.32 Å². The first-order valence-electron chi connectivity index (χ1n) is 6.86. The van der Waals surface area contributed by atoms with Crippen LogP contribution in [0.1, 0.15) is 30.7 Å². The van der Waals surface area contributed by atoms with Crippen LogP contribution in [0.3, 0.4) is 0 Å². The van der Waals surface area contributed by atoms with Gasteiger partial charge in [-0.3, -0.25) is 9.78 Å². The van der Waals surface area contributed by atoms with Crippen LogP contribution < -0.4 is 10.1 Å². The second kappa shape index (κ2) is 5.54. The molecule has 1 aromatic heterocycles. The molecule has 3 rings (SSSR count). The summed E-state index contributed by atoms with van der Waals surface area (Å²) in [6, 6.07) is 9.10. The Hall–Kier alpha value is -2.40. The monoisotopic (exact) mass is 284 g/mol. The molecular formula is C16H16N2O3. The highest BCUT2D eigenvalue weighted by Gasteiger charge is 2.15. The van der Waals surface area contributed by atoms with E-state index in [-0.39, 0.29) is 5.91 Å². The van der Waals surface area contributed by atoms with Crippen LogP contribution in [-0.4, -0.2) is 16.0 Å². The summed E-state index contributed by atoms with van der Waals surface area (Å²) >= 11 is 0. The predicted octanol–water partition coefficient (Wildman–Crippen LogP) is 2.81. The average Bonchev–Trinajstić information content (AvgIpc) is 2.48. The van der Waals surface area contributed by atoms with Crippen LogP contribution in [0.2, 0.25) is 0 Å². The summed E-state index contributed by atoms with van der Waals surface area (Å²) < 4.78 is 5.75. The fourth-order valence-corrected chi connectivity index (χ4v) is 2.26. The van der Waals surface area contributed by atoms with Gasteiger partial charge in [0, 0.05) is 12.1 Å². The number of fused-ring (bicyclic) bond motifs is 1. The van der Waals surface area contributed by atoms with Crippen molar-refractivity contribution >= 4 is 11.6 Å². The molecule has 0 saturated carbocycles. The Balaban J connectivity index is 1.77. The van der Waals surface area contributed by atoms with Crippen LogP contribution in [-0.2, 0) is 11.2 Å². The van der Waals surface area contributed by atoms with Gasteiger partial charge >= 0.3 is 0 Å². The molecule has 0 spiro atoms. The molecule has 21 heavy (non-hydrogen) atoms. The molecule has 0 fully saturated rings. The minimum atomic E-state index is -0.591. The van der Waals surface area contributed by atoms with Crippen molar-refractivity contribution in [3.05, 3.63) is 47.8 Å². The number of ether oxygens (including phenoxy) is 1. The van der Waals surface area contributed by atoms with Crippen molar-refractivity contribution in [3.8, 4) is 11.5 Å². The maximum absolute atomic E-state index is 11.3. The van der Waals surface area contributed by atoms with Gasteiger partial charge in [-0.1, -0.05) is 0 Å². The van der Waals surface area contributed by atoms with Gasteiger partial charge in [-0.2, -0.15) is 0 Å². The molecule has 0 radical (unpaired) electrons. The maximum atomic E-state index is 11.3. The number of pyridine rings is 1. The fraction of sp³-hybridized carbons (Fsp3) is 0.250. The molecule has 0 aliphatic carbocycles. The van der Waals surface area contributed by atoms with Crippen molar-refractivity contribution in [1.82, 2.24) is 4.98 Å². The van der Waals surface area contributed by atoms with Gasteiger partial charge in [0.1, 0.15) is 11.5 Å². The number of carbonyl (C=O) groups is 1. The zero-order chi connectivity index (χ0) is 14.8. The van der Waals surface area contributed by atoms with E-state index < -0.39 is 6.10 Å². The quantitative estimate of drug-likeness (QED) is 0.909. The number of benzene rings is 1. The smallest absolute Gasteiger partial charge is 0.224 e. The molecule has 1 aromatic carbocycles. The number of aliphatic hydroxyl groups excluding tert-OH is 1. The highest BCUT2D eigenvalue weighted by Crippen LogP contribution is 2.29. The number of hydrogen-bond donors (Lipinski definition) is 2. The Morgan fingerprint density at radius 2 is 2.05 bits per heavy atom. The zero-order valence-electron chi connectivity index (χ0n) is 11.7. The molecule has 1 amide bonds. The van der Waals surface area contributed by atoms with Gasteiger partial charge in [-0.25, -0.2) is 0 Å². The van der Waals surface area contributed by atoms with Crippen LogP contribution in [0, 0.1) is 0 Å². The van der Waals surface area contributed by atoms with Crippen molar-refractivity contribution < 1.29 is 14.6 Å². The summed E-state index contributed by atoms with van der Waals surface area (Å²) in [4.78, 5) is 15.5. The second-order valence-electron chi connectivity index (χ2n) is 5.06. The van der Waals surface area contributed by atoms with Gasteiger partial charge in [0.25, 0.3) is 0 Å². The highest BCUT2D eigenvalue weighted by atomic mass is 16.5. The first kappa shape index (κ1) is 13.6. The van der Waals surface area contributed by atoms with Crippen molar-refractivity contribution in [2.45, 2.75) is 25.9 Å². The molecule has 0 bridgehead atoms. The molecule has 1 unspecified atom stereocenters. The van der Waals surface area contributed by atoms with Crippen molar-refractivity contribution in [3.63, 3.8) is 0 Å². The van der Waals surface area contributed by atoms with E-state index in [1.165, 1.54) is 0 Å². The average molecular weight is 284 g/mol. The lowest BCUT2D eigenvalue weighted by Gasteiger charge is -2.17. The molecule has 2 N–H and O–H groups in total. The number of aryl methyl sites for hydroxylation is 1. The number of anilines is 1. The standard InChI is InChI=1S/C16H16N2O3/c1-10(19)14-5-4-13(9-17-14)21-12-3-6-15-11(8-12)2-7-16(20)18-15/h3-6,8-10,19H,2,7H2,1H3,(H,18,20). The van der Waals surface area contributed by atoms with Crippen LogP contribution in [0.25, 0.3) is 0 Å². The summed E-state index contributed by atoms with van der Waals surface area (Å²) in [5.74, 6) is 1.37. The van der Waals surface area contributed by atoms with Crippen LogP contribution in [0.15, 0.2) is 36.5 Å².